The minimum atomic E-state index is 0.629. The summed E-state index contributed by atoms with van der Waals surface area (Å²) in [6.07, 6.45) is 6.19. The number of rotatable bonds is 2. The van der Waals surface area contributed by atoms with E-state index in [1.54, 1.807) is 7.11 Å². The highest BCUT2D eigenvalue weighted by Gasteiger charge is 2.17. The smallest absolute Gasteiger partial charge is 0.212 e. The molecule has 0 saturated heterocycles. The normalized spacial score (nSPS) is 13.7. The van der Waals surface area contributed by atoms with E-state index in [4.69, 9.17) is 9.72 Å². The van der Waals surface area contributed by atoms with Crippen LogP contribution in [0.4, 0.5) is 5.82 Å². The van der Waals surface area contributed by atoms with Crippen molar-refractivity contribution in [2.24, 2.45) is 0 Å². The van der Waals surface area contributed by atoms with Crippen molar-refractivity contribution in [2.75, 3.05) is 19.0 Å². The molecule has 0 amide bonds. The molecule has 0 spiro atoms. The van der Waals surface area contributed by atoms with Gasteiger partial charge < -0.3 is 10.1 Å². The highest BCUT2D eigenvalue weighted by Crippen LogP contribution is 2.29. The Hall–Kier alpha value is -2.56. The first-order valence-corrected chi connectivity index (χ1v) is 7.52. The van der Waals surface area contributed by atoms with Crippen LogP contribution in [0.15, 0.2) is 30.6 Å². The second kappa shape index (κ2) is 5.02. The average molecular weight is 294 g/mol. The van der Waals surface area contributed by atoms with Gasteiger partial charge in [0, 0.05) is 36.1 Å². The lowest BCUT2D eigenvalue weighted by atomic mass is 10.1. The standard InChI is InChI=1S/C17H18N4O/c1-11-8-15-20-14-4-3-7-18-17(14)21(15)10-13(11)12-5-6-16(22-2)19-9-12/h5-6,8-10,18H,3-4,7H2,1-2H3. The van der Waals surface area contributed by atoms with Crippen molar-refractivity contribution < 1.29 is 4.74 Å². The Morgan fingerprint density at radius 2 is 2.23 bits per heavy atom. The van der Waals surface area contributed by atoms with Gasteiger partial charge in [-0.15, -0.1) is 0 Å². The third kappa shape index (κ3) is 2.01. The van der Waals surface area contributed by atoms with Crippen LogP contribution in [0.3, 0.4) is 0 Å². The molecule has 1 aliphatic heterocycles. The molecule has 0 saturated carbocycles. The number of nitrogens with one attached hydrogen (secondary N) is 1. The molecule has 1 aliphatic rings. The number of anilines is 1. The van der Waals surface area contributed by atoms with Gasteiger partial charge in [-0.25, -0.2) is 9.97 Å². The van der Waals surface area contributed by atoms with E-state index in [9.17, 15) is 0 Å². The van der Waals surface area contributed by atoms with Crippen LogP contribution in [-0.4, -0.2) is 28.0 Å². The Balaban J connectivity index is 1.87. The summed E-state index contributed by atoms with van der Waals surface area (Å²) in [5.41, 5.74) is 5.60. The molecule has 0 unspecified atom stereocenters. The van der Waals surface area contributed by atoms with Gasteiger partial charge in [0.2, 0.25) is 5.88 Å². The number of fused-ring (bicyclic) bond motifs is 3. The summed E-state index contributed by atoms with van der Waals surface area (Å²) < 4.78 is 7.29. The second-order valence-electron chi connectivity index (χ2n) is 5.62. The van der Waals surface area contributed by atoms with Crippen molar-refractivity contribution in [3.05, 3.63) is 41.9 Å². The Kier molecular flexibility index (Phi) is 2.99. The maximum Gasteiger partial charge on any atom is 0.212 e. The third-order valence-electron chi connectivity index (χ3n) is 4.18. The molecule has 3 aromatic rings. The van der Waals surface area contributed by atoms with Crippen LogP contribution in [0.2, 0.25) is 0 Å². The fraction of sp³-hybridized carbons (Fsp3) is 0.294. The lowest BCUT2D eigenvalue weighted by Gasteiger charge is -2.14. The maximum atomic E-state index is 5.13. The zero-order chi connectivity index (χ0) is 15.1. The van der Waals surface area contributed by atoms with Crippen molar-refractivity contribution in [3.63, 3.8) is 0 Å². The predicted octanol–water partition coefficient (Wildman–Crippen LogP) is 3.07. The molecule has 0 aromatic carbocycles. The molecular formula is C17H18N4O. The zero-order valence-corrected chi connectivity index (χ0v) is 12.8. The Morgan fingerprint density at radius 1 is 1.32 bits per heavy atom. The van der Waals surface area contributed by atoms with Gasteiger partial charge in [-0.05, 0) is 37.5 Å². The minimum Gasteiger partial charge on any atom is -0.481 e. The molecular weight excluding hydrogens is 276 g/mol. The van der Waals surface area contributed by atoms with E-state index < -0.39 is 0 Å². The molecule has 0 aliphatic carbocycles. The summed E-state index contributed by atoms with van der Waals surface area (Å²) in [6.45, 7) is 3.12. The van der Waals surface area contributed by atoms with Gasteiger partial charge in [0.25, 0.3) is 0 Å². The van der Waals surface area contributed by atoms with E-state index in [0.717, 1.165) is 47.7 Å². The number of aryl methyl sites for hydroxylation is 2. The number of aromatic nitrogens is 3. The molecule has 0 radical (unpaired) electrons. The van der Waals surface area contributed by atoms with Gasteiger partial charge in [0.15, 0.2) is 0 Å². The zero-order valence-electron chi connectivity index (χ0n) is 12.8. The van der Waals surface area contributed by atoms with Crippen LogP contribution in [-0.2, 0) is 6.42 Å². The van der Waals surface area contributed by atoms with Crippen LogP contribution < -0.4 is 10.1 Å². The van der Waals surface area contributed by atoms with Gasteiger partial charge in [-0.1, -0.05) is 0 Å². The first kappa shape index (κ1) is 13.1. The molecule has 3 aromatic heterocycles. The largest absolute Gasteiger partial charge is 0.481 e. The molecule has 4 rings (SSSR count). The predicted molar refractivity (Wildman–Crippen MR) is 86.5 cm³/mol. The van der Waals surface area contributed by atoms with Gasteiger partial charge in [0.05, 0.1) is 12.8 Å². The van der Waals surface area contributed by atoms with Gasteiger partial charge in [-0.2, -0.15) is 0 Å². The van der Waals surface area contributed by atoms with Crippen molar-refractivity contribution >= 4 is 11.5 Å². The summed E-state index contributed by atoms with van der Waals surface area (Å²) in [5.74, 6) is 1.76. The van der Waals surface area contributed by atoms with E-state index >= 15 is 0 Å². The highest BCUT2D eigenvalue weighted by molar-refractivity contribution is 5.70. The van der Waals surface area contributed by atoms with Crippen LogP contribution in [0.5, 0.6) is 5.88 Å². The molecule has 0 atom stereocenters. The van der Waals surface area contributed by atoms with E-state index in [-0.39, 0.29) is 0 Å². The third-order valence-corrected chi connectivity index (χ3v) is 4.18. The van der Waals surface area contributed by atoms with E-state index in [1.165, 1.54) is 5.56 Å². The van der Waals surface area contributed by atoms with E-state index in [0.29, 0.717) is 5.88 Å². The van der Waals surface area contributed by atoms with Crippen LogP contribution in [0, 0.1) is 6.92 Å². The number of pyridine rings is 2. The maximum absolute atomic E-state index is 5.13. The lowest BCUT2D eigenvalue weighted by Crippen LogP contribution is -2.12. The molecule has 1 N–H and O–H groups in total. The number of hydrogen-bond acceptors (Lipinski definition) is 4. The number of imidazole rings is 1. The highest BCUT2D eigenvalue weighted by atomic mass is 16.5. The van der Waals surface area contributed by atoms with Gasteiger partial charge in [0.1, 0.15) is 11.5 Å². The molecule has 112 valence electrons. The Morgan fingerprint density at radius 3 is 3.00 bits per heavy atom. The first-order chi connectivity index (χ1) is 10.8. The first-order valence-electron chi connectivity index (χ1n) is 7.52. The van der Waals surface area contributed by atoms with E-state index in [2.05, 4.69) is 33.9 Å². The fourth-order valence-electron chi connectivity index (χ4n) is 3.02. The fourth-order valence-corrected chi connectivity index (χ4v) is 3.02. The summed E-state index contributed by atoms with van der Waals surface area (Å²) >= 11 is 0. The number of ether oxygens (including phenoxy) is 1. The number of nitrogens with zero attached hydrogens (tertiary/aromatic N) is 3. The Bertz CT molecular complexity index is 836. The lowest BCUT2D eigenvalue weighted by molar-refractivity contribution is 0.398. The number of methoxy groups -OCH3 is 1. The summed E-state index contributed by atoms with van der Waals surface area (Å²) in [4.78, 5) is 9.05. The van der Waals surface area contributed by atoms with E-state index in [1.807, 2.05) is 18.3 Å². The topological polar surface area (TPSA) is 51.5 Å². The number of hydrogen-bond donors (Lipinski definition) is 1. The van der Waals surface area contributed by atoms with Crippen LogP contribution in [0.1, 0.15) is 17.7 Å². The molecule has 22 heavy (non-hydrogen) atoms. The van der Waals surface area contributed by atoms with Crippen molar-refractivity contribution in [2.45, 2.75) is 19.8 Å². The van der Waals surface area contributed by atoms with Crippen LogP contribution >= 0.6 is 0 Å². The summed E-state index contributed by atoms with van der Waals surface area (Å²) in [5, 5.41) is 3.47. The Labute approximate surface area is 129 Å². The molecule has 5 heteroatoms. The molecule has 0 bridgehead atoms. The minimum absolute atomic E-state index is 0.629. The quantitative estimate of drug-likeness (QED) is 0.789. The average Bonchev–Trinajstić information content (AvgIpc) is 2.91. The monoisotopic (exact) mass is 294 g/mol. The van der Waals surface area contributed by atoms with Crippen LogP contribution in [0.25, 0.3) is 16.8 Å². The molecule has 4 heterocycles. The summed E-state index contributed by atoms with van der Waals surface area (Å²) in [7, 11) is 1.63. The van der Waals surface area contributed by atoms with Gasteiger partial charge in [-0.3, -0.25) is 4.40 Å². The molecule has 0 fully saturated rings. The van der Waals surface area contributed by atoms with Crippen molar-refractivity contribution in [1.29, 1.82) is 0 Å². The summed E-state index contributed by atoms with van der Waals surface area (Å²) in [6, 6.07) is 6.07. The van der Waals surface area contributed by atoms with Gasteiger partial charge >= 0.3 is 0 Å². The SMILES string of the molecule is COc1ccc(-c2cn3c4c(nc3cc2C)CCCN4)cn1. The van der Waals surface area contributed by atoms with Crippen molar-refractivity contribution in [3.8, 4) is 17.0 Å². The van der Waals surface area contributed by atoms with Crippen molar-refractivity contribution in [1.82, 2.24) is 14.4 Å². The molecule has 5 nitrogen and oxygen atoms in total. The second-order valence-corrected chi connectivity index (χ2v) is 5.62.